The zero-order valence-corrected chi connectivity index (χ0v) is 6.12. The van der Waals surface area contributed by atoms with E-state index in [4.69, 9.17) is 14.9 Å². The maximum Gasteiger partial charge on any atom is 0.423 e. The molecule has 1 atom stereocenters. The van der Waals surface area contributed by atoms with Gasteiger partial charge in [0.1, 0.15) is 0 Å². The lowest BCUT2D eigenvalue weighted by molar-refractivity contribution is -0.179. The number of alkyl halides is 3. The Labute approximate surface area is 59.3 Å². The Kier molecular flexibility index (Phi) is 2.84. The van der Waals surface area contributed by atoms with Crippen LogP contribution in [0.4, 0.5) is 13.2 Å². The highest BCUT2D eigenvalue weighted by Crippen LogP contribution is 2.47. The number of rotatable bonds is 1. The number of halogens is 3. The van der Waals surface area contributed by atoms with Crippen LogP contribution in [0.5, 0.6) is 0 Å². The molecule has 0 spiro atoms. The summed E-state index contributed by atoms with van der Waals surface area (Å²) in [5.74, 6) is -3.20. The van der Waals surface area contributed by atoms with Crippen molar-refractivity contribution in [2.45, 2.75) is 12.0 Å². The molecule has 0 aromatic rings. The molecule has 0 bridgehead atoms. The molecule has 3 N–H and O–H groups in total. The molecule has 0 rings (SSSR count). The number of aliphatic hydroxyl groups excluding tert-OH is 1. The van der Waals surface area contributed by atoms with Crippen molar-refractivity contribution < 1.29 is 28.1 Å². The molecular formula is C2H4F3O3PS. The first-order chi connectivity index (χ1) is 4.15. The third-order valence-electron chi connectivity index (χ3n) is 0.611. The van der Waals surface area contributed by atoms with Crippen molar-refractivity contribution in [1.82, 2.24) is 0 Å². The minimum absolute atomic E-state index is 3.20. The summed E-state index contributed by atoms with van der Waals surface area (Å²) in [5.41, 5.74) is 0. The highest BCUT2D eigenvalue weighted by atomic mass is 32.5. The van der Waals surface area contributed by atoms with Crippen molar-refractivity contribution in [3.63, 3.8) is 0 Å². The van der Waals surface area contributed by atoms with Gasteiger partial charge in [-0.15, -0.1) is 0 Å². The van der Waals surface area contributed by atoms with Crippen LogP contribution in [0.15, 0.2) is 0 Å². The fourth-order valence-electron chi connectivity index (χ4n) is 0.191. The van der Waals surface area contributed by atoms with Crippen LogP contribution in [0.25, 0.3) is 0 Å². The molecule has 0 saturated carbocycles. The van der Waals surface area contributed by atoms with E-state index in [2.05, 4.69) is 11.8 Å². The highest BCUT2D eigenvalue weighted by molar-refractivity contribution is 8.09. The lowest BCUT2D eigenvalue weighted by Crippen LogP contribution is -2.27. The van der Waals surface area contributed by atoms with Gasteiger partial charge in [0.05, 0.1) is 0 Å². The lowest BCUT2D eigenvalue weighted by atomic mass is 10.7. The molecule has 0 aromatic heterocycles. The molecule has 10 heavy (non-hydrogen) atoms. The van der Waals surface area contributed by atoms with Gasteiger partial charge >= 0.3 is 6.18 Å². The number of aliphatic hydroxyl groups is 1. The normalized spacial score (nSPS) is 17.0. The van der Waals surface area contributed by atoms with E-state index in [1.54, 1.807) is 0 Å². The van der Waals surface area contributed by atoms with E-state index in [0.29, 0.717) is 0 Å². The maximum atomic E-state index is 11.3. The Bertz CT molecular complexity index is 162. The Balaban J connectivity index is 4.39. The molecular weight excluding hydrogens is 192 g/mol. The molecule has 0 heterocycles. The van der Waals surface area contributed by atoms with Crippen LogP contribution in [0, 0.1) is 0 Å². The minimum Gasteiger partial charge on any atom is -0.375 e. The zero-order valence-electron chi connectivity index (χ0n) is 4.41. The first-order valence-corrected chi connectivity index (χ1v) is 4.73. The van der Waals surface area contributed by atoms with Crippen molar-refractivity contribution >= 4 is 18.3 Å². The second-order valence-corrected chi connectivity index (χ2v) is 4.78. The van der Waals surface area contributed by atoms with Crippen LogP contribution in [0.1, 0.15) is 0 Å². The fraction of sp³-hybridized carbons (Fsp3) is 1.00. The molecule has 3 nitrogen and oxygen atoms in total. The lowest BCUT2D eigenvalue weighted by Gasteiger charge is -2.17. The molecule has 0 unspecified atom stereocenters. The van der Waals surface area contributed by atoms with E-state index in [0.717, 1.165) is 0 Å². The summed E-state index contributed by atoms with van der Waals surface area (Å²) in [7, 11) is 0. The smallest absolute Gasteiger partial charge is 0.375 e. The van der Waals surface area contributed by atoms with Gasteiger partial charge in [-0.3, -0.25) is 0 Å². The second kappa shape index (κ2) is 2.75. The van der Waals surface area contributed by atoms with Crippen LogP contribution in [0.2, 0.25) is 0 Å². The SMILES string of the molecule is O[C@H](C(F)(F)F)P(O)(O)=S. The van der Waals surface area contributed by atoms with Gasteiger partial charge < -0.3 is 14.9 Å². The molecule has 0 aromatic carbocycles. The molecule has 0 aliphatic rings. The summed E-state index contributed by atoms with van der Waals surface area (Å²) in [6, 6.07) is 0. The van der Waals surface area contributed by atoms with Gasteiger partial charge in [-0.25, -0.2) is 0 Å². The summed E-state index contributed by atoms with van der Waals surface area (Å²) in [4.78, 5) is 16.3. The zero-order chi connectivity index (χ0) is 8.58. The van der Waals surface area contributed by atoms with Gasteiger partial charge in [0.2, 0.25) is 12.3 Å². The maximum absolute atomic E-state index is 11.3. The third kappa shape index (κ3) is 2.94. The van der Waals surface area contributed by atoms with E-state index < -0.39 is 18.5 Å². The highest BCUT2D eigenvalue weighted by Gasteiger charge is 2.46. The van der Waals surface area contributed by atoms with Crippen molar-refractivity contribution in [3.8, 4) is 0 Å². The standard InChI is InChI=1S/C2H4F3O3PS/c3-2(4,5)1(6)9(7,8)10/h1,6H,(H2,7,8,10)/t1-/m0/s1. The topological polar surface area (TPSA) is 60.7 Å². The van der Waals surface area contributed by atoms with Crippen LogP contribution < -0.4 is 0 Å². The summed E-state index contributed by atoms with van der Waals surface area (Å²) in [5, 5.41) is 8.04. The fourth-order valence-corrected chi connectivity index (χ4v) is 0.931. The van der Waals surface area contributed by atoms with Crippen LogP contribution in [-0.2, 0) is 11.8 Å². The monoisotopic (exact) mass is 196 g/mol. The van der Waals surface area contributed by atoms with Crippen LogP contribution >= 0.6 is 6.49 Å². The van der Waals surface area contributed by atoms with Crippen molar-refractivity contribution in [2.24, 2.45) is 0 Å². The van der Waals surface area contributed by atoms with Crippen LogP contribution in [0.3, 0.4) is 0 Å². The minimum atomic E-state index is -5.06. The van der Waals surface area contributed by atoms with E-state index in [1.807, 2.05) is 0 Å². The molecule has 0 aliphatic heterocycles. The Hall–Kier alpha value is 0.320. The molecule has 0 radical (unpaired) electrons. The van der Waals surface area contributed by atoms with Gasteiger partial charge in [-0.1, -0.05) is 0 Å². The summed E-state index contributed by atoms with van der Waals surface area (Å²) >= 11 is 3.61. The average Bonchev–Trinajstić information content (AvgIpc) is 1.59. The van der Waals surface area contributed by atoms with E-state index in [1.165, 1.54) is 0 Å². The quantitative estimate of drug-likeness (QED) is 0.523. The first-order valence-electron chi connectivity index (χ1n) is 1.95. The summed E-state index contributed by atoms with van der Waals surface area (Å²) in [6.07, 6.45) is -5.06. The average molecular weight is 196 g/mol. The number of hydrogen-bond acceptors (Lipinski definition) is 2. The Morgan fingerprint density at radius 2 is 1.60 bits per heavy atom. The predicted molar refractivity (Wildman–Crippen MR) is 30.8 cm³/mol. The Morgan fingerprint density at radius 3 is 1.60 bits per heavy atom. The van der Waals surface area contributed by atoms with Crippen molar-refractivity contribution in [2.75, 3.05) is 0 Å². The van der Waals surface area contributed by atoms with E-state index in [9.17, 15) is 13.2 Å². The predicted octanol–water partition coefficient (Wildman–Crippen LogP) is 0.161. The largest absolute Gasteiger partial charge is 0.423 e. The van der Waals surface area contributed by atoms with Crippen LogP contribution in [-0.4, -0.2) is 26.9 Å². The van der Waals surface area contributed by atoms with E-state index >= 15 is 0 Å². The van der Waals surface area contributed by atoms with Gasteiger partial charge in [-0.2, -0.15) is 13.2 Å². The van der Waals surface area contributed by atoms with Crippen molar-refractivity contribution in [1.29, 1.82) is 0 Å². The molecule has 62 valence electrons. The second-order valence-electron chi connectivity index (χ2n) is 1.50. The van der Waals surface area contributed by atoms with Gasteiger partial charge in [0, 0.05) is 0 Å². The molecule has 8 heteroatoms. The molecule has 0 amide bonds. The number of hydrogen-bond donors (Lipinski definition) is 3. The van der Waals surface area contributed by atoms with Crippen molar-refractivity contribution in [3.05, 3.63) is 0 Å². The summed E-state index contributed by atoms with van der Waals surface area (Å²) < 4.78 is 34.0. The van der Waals surface area contributed by atoms with Gasteiger partial charge in [0.15, 0.2) is 0 Å². The molecule has 0 saturated heterocycles. The molecule has 0 aliphatic carbocycles. The summed E-state index contributed by atoms with van der Waals surface area (Å²) in [6.45, 7) is -4.61. The Morgan fingerprint density at radius 1 is 1.30 bits per heavy atom. The van der Waals surface area contributed by atoms with Gasteiger partial charge in [0.25, 0.3) is 0 Å². The van der Waals surface area contributed by atoms with Gasteiger partial charge in [-0.05, 0) is 11.8 Å². The third-order valence-corrected chi connectivity index (χ3v) is 2.14. The molecule has 0 fully saturated rings. The first kappa shape index (κ1) is 10.3. The van der Waals surface area contributed by atoms with E-state index in [-0.39, 0.29) is 0 Å².